The summed E-state index contributed by atoms with van der Waals surface area (Å²) in [5.41, 5.74) is 5.83. The van der Waals surface area contributed by atoms with Crippen molar-refractivity contribution in [3.8, 4) is 0 Å². The third kappa shape index (κ3) is 3.74. The second-order valence-electron chi connectivity index (χ2n) is 6.13. The Morgan fingerprint density at radius 3 is 2.56 bits per heavy atom. The molecular weight excluding hydrogens is 340 g/mol. The number of hydrogen-bond acceptors (Lipinski definition) is 4. The van der Waals surface area contributed by atoms with Gasteiger partial charge in [-0.1, -0.05) is 18.2 Å². The van der Waals surface area contributed by atoms with E-state index in [0.29, 0.717) is 30.0 Å². The van der Waals surface area contributed by atoms with Crippen molar-refractivity contribution in [1.29, 1.82) is 0 Å². The number of nitrogens with two attached hydrogens (primary N) is 1. The minimum Gasteiger partial charge on any atom is -0.384 e. The number of nitrogen functional groups attached to an aromatic ring is 1. The third-order valence-corrected chi connectivity index (χ3v) is 4.44. The Morgan fingerprint density at radius 2 is 1.92 bits per heavy atom. The minimum absolute atomic E-state index is 0. The summed E-state index contributed by atoms with van der Waals surface area (Å²) in [6.45, 7) is 2.37. The summed E-state index contributed by atoms with van der Waals surface area (Å²) < 4.78 is 0. The molecule has 1 aliphatic rings. The van der Waals surface area contributed by atoms with Crippen molar-refractivity contribution in [2.45, 2.75) is 25.3 Å². The van der Waals surface area contributed by atoms with E-state index in [0.717, 1.165) is 6.42 Å². The number of pyridine rings is 1. The van der Waals surface area contributed by atoms with Crippen LogP contribution in [0.25, 0.3) is 0 Å². The highest BCUT2D eigenvalue weighted by molar-refractivity contribution is 6.03. The van der Waals surface area contributed by atoms with Crippen molar-refractivity contribution in [2.24, 2.45) is 0 Å². The van der Waals surface area contributed by atoms with Crippen LogP contribution in [-0.2, 0) is 4.79 Å². The van der Waals surface area contributed by atoms with E-state index in [1.165, 1.54) is 6.20 Å². The fourth-order valence-electron chi connectivity index (χ4n) is 3.01. The van der Waals surface area contributed by atoms with Crippen LogP contribution in [0.15, 0.2) is 48.7 Å². The zero-order chi connectivity index (χ0) is 17.2. The molecule has 25 heavy (non-hydrogen) atoms. The monoisotopic (exact) mass is 360 g/mol. The van der Waals surface area contributed by atoms with Gasteiger partial charge in [0, 0.05) is 12.1 Å². The topological polar surface area (TPSA) is 88.3 Å². The van der Waals surface area contributed by atoms with Gasteiger partial charge in [-0.15, -0.1) is 12.4 Å². The van der Waals surface area contributed by atoms with Crippen molar-refractivity contribution < 1.29 is 9.59 Å². The molecule has 6 nitrogen and oxygen atoms in total. The van der Waals surface area contributed by atoms with Crippen LogP contribution in [-0.4, -0.2) is 33.8 Å². The summed E-state index contributed by atoms with van der Waals surface area (Å²) in [5, 5.41) is 2.84. The van der Waals surface area contributed by atoms with E-state index < -0.39 is 5.54 Å². The number of nitrogens with zero attached hydrogens (tertiary/aromatic N) is 2. The van der Waals surface area contributed by atoms with Crippen LogP contribution in [0, 0.1) is 0 Å². The van der Waals surface area contributed by atoms with Crippen molar-refractivity contribution in [1.82, 2.24) is 9.88 Å². The molecule has 132 valence electrons. The molecule has 0 saturated carbocycles. The van der Waals surface area contributed by atoms with E-state index in [1.54, 1.807) is 36.1 Å². The molecule has 3 N–H and O–H groups in total. The maximum absolute atomic E-state index is 12.8. The van der Waals surface area contributed by atoms with Crippen molar-refractivity contribution in [2.75, 3.05) is 17.6 Å². The van der Waals surface area contributed by atoms with E-state index in [2.05, 4.69) is 10.3 Å². The first-order valence-electron chi connectivity index (χ1n) is 7.91. The van der Waals surface area contributed by atoms with Gasteiger partial charge in [-0.2, -0.15) is 0 Å². The highest BCUT2D eigenvalue weighted by atomic mass is 35.5. The molecule has 1 atom stereocenters. The molecule has 2 heterocycles. The van der Waals surface area contributed by atoms with Gasteiger partial charge in [0.15, 0.2) is 0 Å². The van der Waals surface area contributed by atoms with E-state index in [9.17, 15) is 9.59 Å². The summed E-state index contributed by atoms with van der Waals surface area (Å²) in [7, 11) is 0. The molecule has 0 spiro atoms. The second-order valence-corrected chi connectivity index (χ2v) is 6.13. The first-order valence-corrected chi connectivity index (χ1v) is 7.91. The van der Waals surface area contributed by atoms with Gasteiger partial charge in [-0.3, -0.25) is 9.59 Å². The number of likely N-dealkylation sites (tertiary alicyclic amines) is 1. The number of carbonyl (C=O) groups excluding carboxylic acids is 2. The molecule has 3 rings (SSSR count). The van der Waals surface area contributed by atoms with Gasteiger partial charge in [0.25, 0.3) is 5.91 Å². The van der Waals surface area contributed by atoms with Crippen LogP contribution in [0.3, 0.4) is 0 Å². The normalized spacial score (nSPS) is 19.2. The summed E-state index contributed by atoms with van der Waals surface area (Å²) >= 11 is 0. The number of nitrogens with one attached hydrogen (secondary N) is 1. The number of benzene rings is 1. The Balaban J connectivity index is 0.00000225. The molecule has 1 aromatic carbocycles. The van der Waals surface area contributed by atoms with Crippen LogP contribution in [0.1, 0.15) is 30.1 Å². The lowest BCUT2D eigenvalue weighted by Crippen LogP contribution is -2.53. The van der Waals surface area contributed by atoms with Crippen LogP contribution >= 0.6 is 12.4 Å². The van der Waals surface area contributed by atoms with Gasteiger partial charge in [0.2, 0.25) is 5.91 Å². The Morgan fingerprint density at radius 1 is 1.20 bits per heavy atom. The summed E-state index contributed by atoms with van der Waals surface area (Å²) in [5.74, 6) is 0.0537. The second kappa shape index (κ2) is 7.53. The van der Waals surface area contributed by atoms with Crippen LogP contribution < -0.4 is 11.1 Å². The third-order valence-electron chi connectivity index (χ3n) is 4.44. The van der Waals surface area contributed by atoms with Gasteiger partial charge >= 0.3 is 0 Å². The fraction of sp³-hybridized carbons (Fsp3) is 0.278. The summed E-state index contributed by atoms with van der Waals surface area (Å²) in [4.78, 5) is 31.2. The molecule has 1 saturated heterocycles. The largest absolute Gasteiger partial charge is 0.384 e. The number of halogens is 1. The molecule has 1 unspecified atom stereocenters. The predicted octanol–water partition coefficient (Wildman–Crippen LogP) is 2.72. The molecule has 0 aliphatic carbocycles. The van der Waals surface area contributed by atoms with E-state index in [-0.39, 0.29) is 24.2 Å². The van der Waals surface area contributed by atoms with Crippen LogP contribution in [0.4, 0.5) is 11.5 Å². The van der Waals surface area contributed by atoms with Gasteiger partial charge in [0.05, 0.1) is 11.9 Å². The molecule has 1 fully saturated rings. The Hall–Kier alpha value is -2.60. The molecule has 2 amide bonds. The maximum Gasteiger partial charge on any atom is 0.254 e. The number of anilines is 2. The molecule has 2 aromatic rings. The lowest BCUT2D eigenvalue weighted by Gasteiger charge is -2.34. The first-order chi connectivity index (χ1) is 11.5. The average Bonchev–Trinajstić information content (AvgIpc) is 3.00. The Kier molecular flexibility index (Phi) is 5.64. The molecular formula is C18H21ClN4O2. The van der Waals surface area contributed by atoms with E-state index in [4.69, 9.17) is 5.73 Å². The Labute approximate surface area is 152 Å². The molecule has 7 heteroatoms. The van der Waals surface area contributed by atoms with Crippen molar-refractivity contribution in [3.63, 3.8) is 0 Å². The maximum atomic E-state index is 12.8. The quantitative estimate of drug-likeness (QED) is 0.880. The lowest BCUT2D eigenvalue weighted by atomic mass is 9.96. The molecule has 0 bridgehead atoms. The van der Waals surface area contributed by atoms with Crippen molar-refractivity contribution >= 4 is 35.7 Å². The number of hydrogen-bond donors (Lipinski definition) is 2. The zero-order valence-electron chi connectivity index (χ0n) is 13.9. The highest BCUT2D eigenvalue weighted by Gasteiger charge is 2.45. The minimum atomic E-state index is -0.881. The highest BCUT2D eigenvalue weighted by Crippen LogP contribution is 2.31. The summed E-state index contributed by atoms with van der Waals surface area (Å²) in [6, 6.07) is 12.4. The standard InChI is InChI=1S/C18H20N4O2.ClH/c1-18(17(24)21-14-8-9-15(19)20-12-14)10-5-11-22(18)16(23)13-6-3-2-4-7-13;/h2-4,6-9,12H,5,10-11H2,1H3,(H2,19,20)(H,21,24);1H. The van der Waals surface area contributed by atoms with Crippen LogP contribution in [0.5, 0.6) is 0 Å². The van der Waals surface area contributed by atoms with E-state index in [1.807, 2.05) is 18.2 Å². The zero-order valence-corrected chi connectivity index (χ0v) is 14.8. The molecule has 0 radical (unpaired) electrons. The van der Waals surface area contributed by atoms with Gasteiger partial charge < -0.3 is 16.0 Å². The number of carbonyl (C=O) groups is 2. The van der Waals surface area contributed by atoms with Crippen molar-refractivity contribution in [3.05, 3.63) is 54.2 Å². The number of rotatable bonds is 3. The number of aromatic nitrogens is 1. The SMILES string of the molecule is CC1(C(=O)Nc2ccc(N)nc2)CCCN1C(=O)c1ccccc1.Cl. The fourth-order valence-corrected chi connectivity index (χ4v) is 3.01. The van der Waals surface area contributed by atoms with Crippen LogP contribution in [0.2, 0.25) is 0 Å². The average molecular weight is 361 g/mol. The summed E-state index contributed by atoms with van der Waals surface area (Å²) in [6.07, 6.45) is 2.93. The Bertz CT molecular complexity index is 751. The predicted molar refractivity (Wildman–Crippen MR) is 99.6 cm³/mol. The van der Waals surface area contributed by atoms with Gasteiger partial charge in [-0.05, 0) is 44.0 Å². The smallest absolute Gasteiger partial charge is 0.254 e. The lowest BCUT2D eigenvalue weighted by molar-refractivity contribution is -0.124. The molecule has 1 aromatic heterocycles. The van der Waals surface area contributed by atoms with Gasteiger partial charge in [-0.25, -0.2) is 4.98 Å². The number of amides is 2. The first kappa shape index (κ1) is 18.7. The molecule has 1 aliphatic heterocycles. The van der Waals surface area contributed by atoms with Gasteiger partial charge in [0.1, 0.15) is 11.4 Å². The van der Waals surface area contributed by atoms with E-state index >= 15 is 0 Å².